The summed E-state index contributed by atoms with van der Waals surface area (Å²) >= 11 is 1.51. The molecule has 0 bridgehead atoms. The molecule has 1 unspecified atom stereocenters. The van der Waals surface area contributed by atoms with Gasteiger partial charge in [0.05, 0.1) is 6.04 Å². The monoisotopic (exact) mass is 197 g/mol. The Morgan fingerprint density at radius 1 is 1.54 bits per heavy atom. The van der Waals surface area contributed by atoms with E-state index in [1.807, 2.05) is 12.3 Å². The van der Waals surface area contributed by atoms with Crippen LogP contribution in [0, 0.1) is 0 Å². The summed E-state index contributed by atoms with van der Waals surface area (Å²) < 4.78 is 4.06. The SMILES string of the molecule is NC(CN1CCCC1)c1ccns1. The average molecular weight is 197 g/mol. The summed E-state index contributed by atoms with van der Waals surface area (Å²) in [4.78, 5) is 3.64. The first-order chi connectivity index (χ1) is 6.36. The highest BCUT2D eigenvalue weighted by Crippen LogP contribution is 2.17. The van der Waals surface area contributed by atoms with Gasteiger partial charge in [0, 0.05) is 17.6 Å². The highest BCUT2D eigenvalue weighted by molar-refractivity contribution is 7.05. The lowest BCUT2D eigenvalue weighted by Gasteiger charge is -2.18. The lowest BCUT2D eigenvalue weighted by Crippen LogP contribution is -2.29. The van der Waals surface area contributed by atoms with Crippen LogP contribution in [0.3, 0.4) is 0 Å². The smallest absolute Gasteiger partial charge is 0.0535 e. The highest BCUT2D eigenvalue weighted by Gasteiger charge is 2.16. The van der Waals surface area contributed by atoms with Crippen molar-refractivity contribution in [3.8, 4) is 0 Å². The standard InChI is InChI=1S/C9H15N3S/c10-8(9-3-4-11-13-9)7-12-5-1-2-6-12/h3-4,8H,1-2,5-7,10H2. The zero-order valence-corrected chi connectivity index (χ0v) is 8.46. The number of hydrogen-bond acceptors (Lipinski definition) is 4. The summed E-state index contributed by atoms with van der Waals surface area (Å²) in [6, 6.07) is 2.18. The molecule has 0 aromatic carbocycles. The third-order valence-electron chi connectivity index (χ3n) is 2.48. The Bertz CT molecular complexity index is 241. The lowest BCUT2D eigenvalue weighted by molar-refractivity contribution is 0.317. The fraction of sp³-hybridized carbons (Fsp3) is 0.667. The van der Waals surface area contributed by atoms with E-state index in [2.05, 4.69) is 9.27 Å². The molecule has 0 saturated carbocycles. The number of nitrogens with zero attached hydrogens (tertiary/aromatic N) is 2. The molecule has 1 aliphatic heterocycles. The largest absolute Gasteiger partial charge is 0.322 e. The Morgan fingerprint density at radius 3 is 2.92 bits per heavy atom. The first kappa shape index (κ1) is 9.12. The second-order valence-electron chi connectivity index (χ2n) is 3.53. The fourth-order valence-corrected chi connectivity index (χ4v) is 2.33. The molecule has 1 saturated heterocycles. The van der Waals surface area contributed by atoms with Crippen molar-refractivity contribution in [2.24, 2.45) is 5.73 Å². The number of rotatable bonds is 3. The first-order valence-corrected chi connectivity index (χ1v) is 5.52. The van der Waals surface area contributed by atoms with E-state index in [1.54, 1.807) is 0 Å². The molecule has 0 aliphatic carbocycles. The number of hydrogen-bond donors (Lipinski definition) is 1. The van der Waals surface area contributed by atoms with Gasteiger partial charge in [-0.2, -0.15) is 0 Å². The molecular weight excluding hydrogens is 182 g/mol. The summed E-state index contributed by atoms with van der Waals surface area (Å²) in [6.45, 7) is 3.42. The predicted octanol–water partition coefficient (Wildman–Crippen LogP) is 1.24. The van der Waals surface area contributed by atoms with Crippen LogP contribution in [0.5, 0.6) is 0 Å². The molecule has 0 spiro atoms. The molecule has 4 heteroatoms. The van der Waals surface area contributed by atoms with E-state index in [0.717, 1.165) is 6.54 Å². The van der Waals surface area contributed by atoms with Gasteiger partial charge in [0.15, 0.2) is 0 Å². The third kappa shape index (κ3) is 2.27. The molecule has 2 rings (SSSR count). The van der Waals surface area contributed by atoms with Crippen molar-refractivity contribution >= 4 is 11.5 Å². The maximum absolute atomic E-state index is 6.05. The molecule has 0 amide bonds. The summed E-state index contributed by atoms with van der Waals surface area (Å²) in [7, 11) is 0. The van der Waals surface area contributed by atoms with Crippen molar-refractivity contribution in [1.82, 2.24) is 9.27 Å². The van der Waals surface area contributed by atoms with Crippen molar-refractivity contribution < 1.29 is 0 Å². The van der Waals surface area contributed by atoms with Crippen molar-refractivity contribution in [3.63, 3.8) is 0 Å². The zero-order valence-electron chi connectivity index (χ0n) is 7.65. The molecule has 0 radical (unpaired) electrons. The Kier molecular flexibility index (Phi) is 2.93. The average Bonchev–Trinajstić information content (AvgIpc) is 2.74. The first-order valence-electron chi connectivity index (χ1n) is 4.75. The van der Waals surface area contributed by atoms with Crippen molar-refractivity contribution in [1.29, 1.82) is 0 Å². The van der Waals surface area contributed by atoms with E-state index < -0.39 is 0 Å². The minimum absolute atomic E-state index is 0.158. The van der Waals surface area contributed by atoms with E-state index in [9.17, 15) is 0 Å². The van der Waals surface area contributed by atoms with E-state index >= 15 is 0 Å². The van der Waals surface area contributed by atoms with Gasteiger partial charge in [-0.25, -0.2) is 4.37 Å². The minimum atomic E-state index is 0.158. The molecule has 1 aromatic heterocycles. The third-order valence-corrected chi connectivity index (χ3v) is 3.35. The Labute approximate surface area is 82.7 Å². The van der Waals surface area contributed by atoms with Crippen molar-refractivity contribution in [2.45, 2.75) is 18.9 Å². The van der Waals surface area contributed by atoms with Crippen LogP contribution in [-0.4, -0.2) is 28.9 Å². The van der Waals surface area contributed by atoms with Gasteiger partial charge in [0.25, 0.3) is 0 Å². The van der Waals surface area contributed by atoms with Crippen LogP contribution in [0.1, 0.15) is 23.8 Å². The van der Waals surface area contributed by atoms with E-state index in [4.69, 9.17) is 5.73 Å². The molecule has 3 nitrogen and oxygen atoms in total. The maximum Gasteiger partial charge on any atom is 0.0535 e. The topological polar surface area (TPSA) is 42.1 Å². The fourth-order valence-electron chi connectivity index (χ4n) is 1.75. The number of aromatic nitrogens is 1. The van der Waals surface area contributed by atoms with Gasteiger partial charge < -0.3 is 10.6 Å². The molecule has 1 fully saturated rings. The van der Waals surface area contributed by atoms with Gasteiger partial charge in [-0.05, 0) is 43.5 Å². The quantitative estimate of drug-likeness (QED) is 0.792. The Balaban J connectivity index is 1.87. The molecule has 2 heterocycles. The highest BCUT2D eigenvalue weighted by atomic mass is 32.1. The minimum Gasteiger partial charge on any atom is -0.322 e. The molecule has 72 valence electrons. The Morgan fingerprint density at radius 2 is 2.31 bits per heavy atom. The van der Waals surface area contributed by atoms with Crippen LogP contribution in [0.4, 0.5) is 0 Å². The second-order valence-corrected chi connectivity index (χ2v) is 4.39. The van der Waals surface area contributed by atoms with Crippen molar-refractivity contribution in [2.75, 3.05) is 19.6 Å². The molecule has 13 heavy (non-hydrogen) atoms. The van der Waals surface area contributed by atoms with E-state index in [0.29, 0.717) is 0 Å². The maximum atomic E-state index is 6.05. The number of likely N-dealkylation sites (tertiary alicyclic amines) is 1. The summed E-state index contributed by atoms with van der Waals surface area (Å²) in [5.74, 6) is 0. The van der Waals surface area contributed by atoms with Crippen LogP contribution in [-0.2, 0) is 0 Å². The van der Waals surface area contributed by atoms with Crippen LogP contribution < -0.4 is 5.73 Å². The van der Waals surface area contributed by atoms with Gasteiger partial charge in [-0.3, -0.25) is 0 Å². The van der Waals surface area contributed by atoms with Gasteiger partial charge >= 0.3 is 0 Å². The Hall–Kier alpha value is -0.450. The van der Waals surface area contributed by atoms with E-state index in [1.165, 1.54) is 42.3 Å². The molecule has 1 aromatic rings. The molecular formula is C9H15N3S. The molecule has 1 atom stereocenters. The number of nitrogens with two attached hydrogens (primary N) is 1. The summed E-state index contributed by atoms with van der Waals surface area (Å²) in [5, 5.41) is 0. The van der Waals surface area contributed by atoms with Crippen LogP contribution in [0.25, 0.3) is 0 Å². The van der Waals surface area contributed by atoms with Gasteiger partial charge in [0.1, 0.15) is 0 Å². The lowest BCUT2D eigenvalue weighted by atomic mass is 10.2. The van der Waals surface area contributed by atoms with Crippen LogP contribution in [0.2, 0.25) is 0 Å². The summed E-state index contributed by atoms with van der Waals surface area (Å²) in [5.41, 5.74) is 6.05. The van der Waals surface area contributed by atoms with Crippen LogP contribution in [0.15, 0.2) is 12.3 Å². The second kappa shape index (κ2) is 4.17. The zero-order chi connectivity index (χ0) is 9.10. The predicted molar refractivity (Wildman–Crippen MR) is 54.7 cm³/mol. The van der Waals surface area contributed by atoms with Gasteiger partial charge in [-0.1, -0.05) is 0 Å². The van der Waals surface area contributed by atoms with Gasteiger partial charge in [-0.15, -0.1) is 0 Å². The van der Waals surface area contributed by atoms with E-state index in [-0.39, 0.29) is 6.04 Å². The molecule has 1 aliphatic rings. The normalized spacial score (nSPS) is 20.7. The van der Waals surface area contributed by atoms with Crippen LogP contribution >= 0.6 is 11.5 Å². The summed E-state index contributed by atoms with van der Waals surface area (Å²) in [6.07, 6.45) is 4.48. The van der Waals surface area contributed by atoms with Gasteiger partial charge in [0.2, 0.25) is 0 Å². The van der Waals surface area contributed by atoms with Crippen molar-refractivity contribution in [3.05, 3.63) is 17.1 Å². The molecule has 2 N–H and O–H groups in total.